The van der Waals surface area contributed by atoms with E-state index in [9.17, 15) is 21.6 Å². The molecule has 0 atom stereocenters. The molecule has 0 aromatic carbocycles. The second-order valence-electron chi connectivity index (χ2n) is 4.87. The lowest BCUT2D eigenvalue weighted by atomic mass is 10.5. The van der Waals surface area contributed by atoms with E-state index in [1.165, 1.54) is 0 Å². The molecule has 0 spiro atoms. The summed E-state index contributed by atoms with van der Waals surface area (Å²) in [6.07, 6.45) is 0.536. The first-order chi connectivity index (χ1) is 7.06. The third kappa shape index (κ3) is 2.98. The van der Waals surface area contributed by atoms with Crippen LogP contribution in [0.15, 0.2) is 0 Å². The van der Waals surface area contributed by atoms with Gasteiger partial charge in [0, 0.05) is 21.2 Å². The Labute approximate surface area is 94.7 Å². The fourth-order valence-corrected chi connectivity index (χ4v) is 5.18. The van der Waals surface area contributed by atoms with Crippen LogP contribution >= 0.6 is 0 Å². The first kappa shape index (κ1) is 14.0. The predicted octanol–water partition coefficient (Wildman–Crippen LogP) is 2.25. The van der Waals surface area contributed by atoms with Crippen LogP contribution in [0.2, 0.25) is 25.2 Å². The van der Waals surface area contributed by atoms with Gasteiger partial charge in [-0.05, 0) is 12.5 Å². The van der Waals surface area contributed by atoms with E-state index < -0.39 is 23.6 Å². The number of halogens is 3. The van der Waals surface area contributed by atoms with Crippen LogP contribution in [-0.2, 0) is 10.0 Å². The fraction of sp³-hybridized carbons (Fsp3) is 1.00. The van der Waals surface area contributed by atoms with Crippen LogP contribution in [0.3, 0.4) is 0 Å². The zero-order chi connectivity index (χ0) is 12.6. The molecule has 8 heteroatoms. The Bertz CT molecular complexity index is 353. The van der Waals surface area contributed by atoms with Crippen LogP contribution < -0.4 is 0 Å². The van der Waals surface area contributed by atoms with Crippen LogP contribution in [0, 0.1) is 0 Å². The molecule has 1 aliphatic heterocycles. The van der Waals surface area contributed by atoms with Gasteiger partial charge in [-0.15, -0.1) is 0 Å². The molecular formula is C8H16F3NO2SSi. The number of nitrogens with zero attached hydrogens (tertiary/aromatic N) is 1. The molecule has 1 heterocycles. The van der Waals surface area contributed by atoms with Crippen LogP contribution in [0.1, 0.15) is 6.42 Å². The van der Waals surface area contributed by atoms with Crippen LogP contribution in [0.4, 0.5) is 13.2 Å². The summed E-state index contributed by atoms with van der Waals surface area (Å²) in [6.45, 7) is 4.17. The molecule has 1 aliphatic rings. The van der Waals surface area contributed by atoms with E-state index in [1.807, 2.05) is 0 Å². The molecule has 0 amide bonds. The topological polar surface area (TPSA) is 37.4 Å². The maximum absolute atomic E-state index is 12.3. The van der Waals surface area contributed by atoms with E-state index in [0.717, 1.165) is 6.04 Å². The number of hydrogen-bond donors (Lipinski definition) is 0. The second-order valence-corrected chi connectivity index (χ2v) is 12.1. The highest BCUT2D eigenvalue weighted by molar-refractivity contribution is 7.90. The normalized spacial score (nSPS) is 24.1. The van der Waals surface area contributed by atoms with Gasteiger partial charge in [0.15, 0.2) is 0 Å². The standard InChI is InChI=1S/C8H16F3NO2SSi/c1-16(2)6-3-4-12(5-7-16)15(13,14)8(9,10)11/h3-7H2,1-2H3. The SMILES string of the molecule is C[Si]1(C)CCCN(S(=O)(=O)C(F)(F)F)CC1. The molecule has 1 saturated heterocycles. The summed E-state index contributed by atoms with van der Waals surface area (Å²) < 4.78 is 59.9. The van der Waals surface area contributed by atoms with Gasteiger partial charge in [-0.1, -0.05) is 19.1 Å². The summed E-state index contributed by atoms with van der Waals surface area (Å²) in [6, 6.07) is 1.49. The quantitative estimate of drug-likeness (QED) is 0.688. The van der Waals surface area contributed by atoms with E-state index in [4.69, 9.17) is 0 Å². The van der Waals surface area contributed by atoms with Crippen molar-refractivity contribution < 1.29 is 21.6 Å². The lowest BCUT2D eigenvalue weighted by Crippen LogP contribution is -2.41. The molecule has 0 N–H and O–H groups in total. The van der Waals surface area contributed by atoms with Crippen molar-refractivity contribution in [3.8, 4) is 0 Å². The monoisotopic (exact) mass is 275 g/mol. The van der Waals surface area contributed by atoms with Gasteiger partial charge in [-0.2, -0.15) is 17.5 Å². The summed E-state index contributed by atoms with van der Waals surface area (Å²) in [5, 5.41) is 0. The third-order valence-corrected chi connectivity index (χ3v) is 7.85. The molecule has 0 radical (unpaired) electrons. The van der Waals surface area contributed by atoms with Gasteiger partial charge in [0.2, 0.25) is 0 Å². The minimum Gasteiger partial charge on any atom is -0.203 e. The van der Waals surface area contributed by atoms with Crippen molar-refractivity contribution in [2.75, 3.05) is 13.1 Å². The number of hydrogen-bond acceptors (Lipinski definition) is 2. The highest BCUT2D eigenvalue weighted by Gasteiger charge is 2.50. The van der Waals surface area contributed by atoms with Crippen LogP contribution in [0.5, 0.6) is 0 Å². The molecular weight excluding hydrogens is 259 g/mol. The Kier molecular flexibility index (Phi) is 3.76. The Balaban J connectivity index is 2.84. The van der Waals surface area contributed by atoms with Gasteiger partial charge in [0.25, 0.3) is 0 Å². The Hall–Kier alpha value is -0.0831. The molecule has 16 heavy (non-hydrogen) atoms. The highest BCUT2D eigenvalue weighted by Crippen LogP contribution is 2.30. The molecule has 96 valence electrons. The van der Waals surface area contributed by atoms with Crippen LogP contribution in [0.25, 0.3) is 0 Å². The minimum atomic E-state index is -5.16. The van der Waals surface area contributed by atoms with Crippen molar-refractivity contribution in [1.29, 1.82) is 0 Å². The summed E-state index contributed by atoms with van der Waals surface area (Å²) in [5.41, 5.74) is -5.16. The van der Waals surface area contributed by atoms with Gasteiger partial charge in [-0.3, -0.25) is 0 Å². The van der Waals surface area contributed by atoms with E-state index in [0.29, 0.717) is 16.8 Å². The lowest BCUT2D eigenvalue weighted by Gasteiger charge is -2.22. The number of rotatable bonds is 1. The Morgan fingerprint density at radius 2 is 1.69 bits per heavy atom. The van der Waals surface area contributed by atoms with Crippen molar-refractivity contribution in [1.82, 2.24) is 4.31 Å². The number of sulfonamides is 1. The van der Waals surface area contributed by atoms with Crippen molar-refractivity contribution in [3.63, 3.8) is 0 Å². The molecule has 3 nitrogen and oxygen atoms in total. The summed E-state index contributed by atoms with van der Waals surface area (Å²) in [7, 11) is -6.61. The average Bonchev–Trinajstić information content (AvgIpc) is 2.24. The first-order valence-corrected chi connectivity index (χ1v) is 9.98. The molecule has 1 rings (SSSR count). The minimum absolute atomic E-state index is 0.00171. The summed E-state index contributed by atoms with van der Waals surface area (Å²) in [4.78, 5) is 0. The summed E-state index contributed by atoms with van der Waals surface area (Å²) in [5.74, 6) is 0. The lowest BCUT2D eigenvalue weighted by molar-refractivity contribution is -0.0487. The largest absolute Gasteiger partial charge is 0.511 e. The smallest absolute Gasteiger partial charge is 0.203 e. The molecule has 0 unspecified atom stereocenters. The van der Waals surface area contributed by atoms with Crippen molar-refractivity contribution in [2.45, 2.75) is 37.1 Å². The molecule has 0 bridgehead atoms. The molecule has 0 aromatic heterocycles. The maximum atomic E-state index is 12.3. The van der Waals surface area contributed by atoms with Crippen molar-refractivity contribution in [3.05, 3.63) is 0 Å². The fourth-order valence-electron chi connectivity index (χ4n) is 1.78. The second kappa shape index (κ2) is 4.30. The van der Waals surface area contributed by atoms with Gasteiger partial charge >= 0.3 is 15.5 Å². The van der Waals surface area contributed by atoms with E-state index in [-0.39, 0.29) is 13.1 Å². The molecule has 0 saturated carbocycles. The number of alkyl halides is 3. The van der Waals surface area contributed by atoms with Crippen molar-refractivity contribution >= 4 is 18.1 Å². The Morgan fingerprint density at radius 3 is 2.19 bits per heavy atom. The average molecular weight is 275 g/mol. The van der Waals surface area contributed by atoms with Crippen LogP contribution in [-0.4, -0.2) is 39.4 Å². The zero-order valence-corrected chi connectivity index (χ0v) is 11.2. The third-order valence-electron chi connectivity index (χ3n) is 2.93. The van der Waals surface area contributed by atoms with E-state index in [2.05, 4.69) is 13.1 Å². The first-order valence-electron chi connectivity index (χ1n) is 5.13. The van der Waals surface area contributed by atoms with E-state index in [1.54, 1.807) is 0 Å². The molecule has 0 aliphatic carbocycles. The van der Waals surface area contributed by atoms with Gasteiger partial charge in [-0.25, -0.2) is 8.42 Å². The Morgan fingerprint density at radius 1 is 1.12 bits per heavy atom. The summed E-state index contributed by atoms with van der Waals surface area (Å²) >= 11 is 0. The predicted molar refractivity (Wildman–Crippen MR) is 58.3 cm³/mol. The van der Waals surface area contributed by atoms with E-state index >= 15 is 0 Å². The molecule has 0 aromatic rings. The highest BCUT2D eigenvalue weighted by atomic mass is 32.2. The van der Waals surface area contributed by atoms with Gasteiger partial charge < -0.3 is 0 Å². The van der Waals surface area contributed by atoms with Crippen molar-refractivity contribution in [2.24, 2.45) is 0 Å². The van der Waals surface area contributed by atoms with Gasteiger partial charge in [0.05, 0.1) is 0 Å². The zero-order valence-electron chi connectivity index (χ0n) is 9.34. The maximum Gasteiger partial charge on any atom is 0.511 e. The molecule has 1 fully saturated rings. The van der Waals surface area contributed by atoms with Gasteiger partial charge in [0.1, 0.15) is 0 Å².